The molecule has 0 spiro atoms. The Kier molecular flexibility index (Phi) is 9.42. The molecule has 0 saturated heterocycles. The second-order valence-corrected chi connectivity index (χ2v) is 7.32. The predicted octanol–water partition coefficient (Wildman–Crippen LogP) is 4.51. The van der Waals surface area contributed by atoms with E-state index >= 15 is 0 Å². The van der Waals surface area contributed by atoms with Crippen molar-refractivity contribution in [1.82, 2.24) is 20.2 Å². The fourth-order valence-electron chi connectivity index (χ4n) is 3.29. The van der Waals surface area contributed by atoms with E-state index in [4.69, 9.17) is 4.74 Å². The molecule has 0 bridgehead atoms. The number of fused-ring (bicyclic) bond motifs is 1. The zero-order chi connectivity index (χ0) is 20.6. The number of para-hydroxylation sites is 2. The van der Waals surface area contributed by atoms with Gasteiger partial charge in [0.2, 0.25) is 0 Å². The fraction of sp³-hybridized carbons (Fsp3) is 0.391. The van der Waals surface area contributed by atoms with Crippen molar-refractivity contribution >= 4 is 41.0 Å². The topological polar surface area (TPSA) is 63.5 Å². The summed E-state index contributed by atoms with van der Waals surface area (Å²) in [6, 6.07) is 16.4. The number of halogens is 1. The quantitative estimate of drug-likeness (QED) is 0.198. The monoisotopic (exact) mass is 521 g/mol. The van der Waals surface area contributed by atoms with Crippen LogP contribution < -0.4 is 15.4 Å². The molecule has 3 rings (SSSR count). The minimum absolute atomic E-state index is 0. The van der Waals surface area contributed by atoms with Gasteiger partial charge in [0.1, 0.15) is 11.6 Å². The number of nitrogens with zero attached hydrogens (tertiary/aromatic N) is 3. The van der Waals surface area contributed by atoms with Crippen molar-refractivity contribution in [3.05, 3.63) is 59.9 Å². The zero-order valence-corrected chi connectivity index (χ0v) is 20.5. The summed E-state index contributed by atoms with van der Waals surface area (Å²) in [6.07, 6.45) is 1.18. The van der Waals surface area contributed by atoms with Gasteiger partial charge in [0.25, 0.3) is 0 Å². The lowest BCUT2D eigenvalue weighted by Gasteiger charge is -2.13. The molecule has 0 saturated carbocycles. The van der Waals surface area contributed by atoms with Crippen molar-refractivity contribution < 1.29 is 4.74 Å². The first-order chi connectivity index (χ1) is 14.1. The Morgan fingerprint density at radius 1 is 1.10 bits per heavy atom. The number of hydrogen-bond acceptors (Lipinski definition) is 3. The number of guanidine groups is 1. The van der Waals surface area contributed by atoms with E-state index in [9.17, 15) is 0 Å². The molecule has 30 heavy (non-hydrogen) atoms. The van der Waals surface area contributed by atoms with Crippen LogP contribution in [-0.4, -0.2) is 35.2 Å². The van der Waals surface area contributed by atoms with E-state index in [1.54, 1.807) is 7.05 Å². The molecule has 0 aliphatic rings. The Morgan fingerprint density at radius 2 is 1.83 bits per heavy atom. The van der Waals surface area contributed by atoms with Gasteiger partial charge in [-0.1, -0.05) is 24.3 Å². The summed E-state index contributed by atoms with van der Waals surface area (Å²) in [5, 5.41) is 6.75. The van der Waals surface area contributed by atoms with Gasteiger partial charge in [0.05, 0.1) is 17.1 Å². The molecule has 162 valence electrons. The highest BCUT2D eigenvalue weighted by Gasteiger charge is 2.06. The lowest BCUT2D eigenvalue weighted by atomic mass is 10.2. The number of benzene rings is 2. The van der Waals surface area contributed by atoms with Crippen molar-refractivity contribution in [1.29, 1.82) is 0 Å². The zero-order valence-electron chi connectivity index (χ0n) is 18.2. The molecule has 2 N–H and O–H groups in total. The lowest BCUT2D eigenvalue weighted by Crippen LogP contribution is -2.37. The molecular formula is C23H32IN5O. The van der Waals surface area contributed by atoms with Crippen LogP contribution in [0.2, 0.25) is 0 Å². The molecule has 0 aliphatic heterocycles. The third-order valence-electron chi connectivity index (χ3n) is 4.68. The molecule has 0 radical (unpaired) electrons. The summed E-state index contributed by atoms with van der Waals surface area (Å²) in [4.78, 5) is 8.94. The minimum Gasteiger partial charge on any atom is -0.491 e. The molecule has 3 aromatic rings. The van der Waals surface area contributed by atoms with Crippen LogP contribution in [-0.2, 0) is 13.1 Å². The third kappa shape index (κ3) is 6.62. The van der Waals surface area contributed by atoms with E-state index < -0.39 is 0 Å². The van der Waals surface area contributed by atoms with Gasteiger partial charge in [0, 0.05) is 26.7 Å². The standard InChI is InChI=1S/C23H31N5O.HI/c1-17(2)29-20-12-10-19(11-13-20)16-26-23(24-4)25-14-7-15-28-18(3)27-21-8-5-6-9-22(21)28;/h5-6,8-13,17H,7,14-16H2,1-4H3,(H2,24,25,26);1H. The molecular weight excluding hydrogens is 489 g/mol. The van der Waals surface area contributed by atoms with Crippen molar-refractivity contribution in [3.8, 4) is 5.75 Å². The summed E-state index contributed by atoms with van der Waals surface area (Å²) in [7, 11) is 1.79. The van der Waals surface area contributed by atoms with E-state index in [1.807, 2.05) is 32.0 Å². The van der Waals surface area contributed by atoms with Crippen molar-refractivity contribution in [2.24, 2.45) is 4.99 Å². The first kappa shape index (κ1) is 24.0. The highest BCUT2D eigenvalue weighted by molar-refractivity contribution is 14.0. The van der Waals surface area contributed by atoms with Gasteiger partial charge in [-0.3, -0.25) is 4.99 Å². The van der Waals surface area contributed by atoms with E-state index in [0.717, 1.165) is 42.6 Å². The molecule has 0 unspecified atom stereocenters. The van der Waals surface area contributed by atoms with Crippen molar-refractivity contribution in [3.63, 3.8) is 0 Å². The Balaban J connectivity index is 0.00000320. The number of ether oxygens (including phenoxy) is 1. The second kappa shape index (κ2) is 11.8. The van der Waals surface area contributed by atoms with Gasteiger partial charge >= 0.3 is 0 Å². The van der Waals surface area contributed by atoms with Crippen LogP contribution in [0, 0.1) is 6.92 Å². The number of aryl methyl sites for hydroxylation is 2. The SMILES string of the molecule is CN=C(NCCCn1c(C)nc2ccccc21)NCc1ccc(OC(C)C)cc1.I. The maximum Gasteiger partial charge on any atom is 0.191 e. The number of rotatable bonds is 8. The van der Waals surface area contributed by atoms with Crippen LogP contribution in [0.3, 0.4) is 0 Å². The van der Waals surface area contributed by atoms with Crippen LogP contribution in [0.15, 0.2) is 53.5 Å². The normalized spacial score (nSPS) is 11.4. The van der Waals surface area contributed by atoms with Gasteiger partial charge in [-0.25, -0.2) is 4.98 Å². The average Bonchev–Trinajstić information content (AvgIpc) is 3.03. The van der Waals surface area contributed by atoms with E-state index in [2.05, 4.69) is 62.4 Å². The first-order valence-electron chi connectivity index (χ1n) is 10.2. The largest absolute Gasteiger partial charge is 0.491 e. The van der Waals surface area contributed by atoms with Crippen molar-refractivity contribution in [2.45, 2.75) is 46.4 Å². The van der Waals surface area contributed by atoms with Crippen LogP contribution >= 0.6 is 24.0 Å². The first-order valence-corrected chi connectivity index (χ1v) is 10.2. The van der Waals surface area contributed by atoms with Gasteiger partial charge < -0.3 is 19.9 Å². The number of imidazole rings is 1. The molecule has 0 aliphatic carbocycles. The molecule has 0 fully saturated rings. The molecule has 2 aromatic carbocycles. The molecule has 1 aromatic heterocycles. The van der Waals surface area contributed by atoms with Gasteiger partial charge in [-0.15, -0.1) is 24.0 Å². The maximum absolute atomic E-state index is 5.68. The van der Waals surface area contributed by atoms with E-state index in [-0.39, 0.29) is 30.1 Å². The minimum atomic E-state index is 0. The Bertz CT molecular complexity index is 950. The predicted molar refractivity (Wildman–Crippen MR) is 135 cm³/mol. The average molecular weight is 521 g/mol. The maximum atomic E-state index is 5.68. The lowest BCUT2D eigenvalue weighted by molar-refractivity contribution is 0.242. The van der Waals surface area contributed by atoms with Crippen LogP contribution in [0.4, 0.5) is 0 Å². The number of hydrogen-bond donors (Lipinski definition) is 2. The Hall–Kier alpha value is -2.29. The molecule has 0 atom stereocenters. The summed E-state index contributed by atoms with van der Waals surface area (Å²) in [5.74, 6) is 2.76. The number of nitrogens with one attached hydrogen (secondary N) is 2. The molecule has 1 heterocycles. The summed E-state index contributed by atoms with van der Waals surface area (Å²) < 4.78 is 7.96. The number of aromatic nitrogens is 2. The van der Waals surface area contributed by atoms with Crippen LogP contribution in [0.25, 0.3) is 11.0 Å². The van der Waals surface area contributed by atoms with Crippen LogP contribution in [0.5, 0.6) is 5.75 Å². The number of aliphatic imine (C=N–C) groups is 1. The second-order valence-electron chi connectivity index (χ2n) is 7.32. The van der Waals surface area contributed by atoms with E-state index in [1.165, 1.54) is 11.1 Å². The highest BCUT2D eigenvalue weighted by atomic mass is 127. The van der Waals surface area contributed by atoms with Gasteiger partial charge in [-0.2, -0.15) is 0 Å². The van der Waals surface area contributed by atoms with Crippen LogP contribution in [0.1, 0.15) is 31.7 Å². The highest BCUT2D eigenvalue weighted by Crippen LogP contribution is 2.16. The molecule has 6 nitrogen and oxygen atoms in total. The molecule has 0 amide bonds. The fourth-order valence-corrected chi connectivity index (χ4v) is 3.29. The van der Waals surface area contributed by atoms with Gasteiger partial charge in [0.15, 0.2) is 5.96 Å². The summed E-state index contributed by atoms with van der Waals surface area (Å²) in [6.45, 7) is 8.60. The Labute approximate surface area is 196 Å². The van der Waals surface area contributed by atoms with Crippen molar-refractivity contribution in [2.75, 3.05) is 13.6 Å². The smallest absolute Gasteiger partial charge is 0.191 e. The molecule has 7 heteroatoms. The summed E-state index contributed by atoms with van der Waals surface area (Å²) in [5.41, 5.74) is 3.43. The Morgan fingerprint density at radius 3 is 2.53 bits per heavy atom. The third-order valence-corrected chi connectivity index (χ3v) is 4.68. The van der Waals surface area contributed by atoms with E-state index in [0.29, 0.717) is 6.54 Å². The summed E-state index contributed by atoms with van der Waals surface area (Å²) >= 11 is 0. The van der Waals surface area contributed by atoms with Gasteiger partial charge in [-0.05, 0) is 57.0 Å².